The molecule has 0 atom stereocenters. The summed E-state index contributed by atoms with van der Waals surface area (Å²) in [6.07, 6.45) is 1.54. The van der Waals surface area contributed by atoms with E-state index in [9.17, 15) is 9.18 Å². The van der Waals surface area contributed by atoms with Gasteiger partial charge < -0.3 is 10.1 Å². The number of ether oxygens (including phenoxy) is 1. The molecule has 0 saturated carbocycles. The standard InChI is InChI=1S/C15H16FN3O2/c1-21-15(20)19-12-6-7-14(18-10-12)17-9-8-11-4-2-3-5-13(11)16/h2-7,10H,8-9H2,1H3,(H,17,18)(H,19,20). The molecule has 110 valence electrons. The summed E-state index contributed by atoms with van der Waals surface area (Å²) in [5.74, 6) is 0.451. The molecule has 0 aliphatic rings. The van der Waals surface area contributed by atoms with Gasteiger partial charge in [0.05, 0.1) is 19.0 Å². The van der Waals surface area contributed by atoms with Crippen molar-refractivity contribution < 1.29 is 13.9 Å². The van der Waals surface area contributed by atoms with Crippen LogP contribution in [-0.2, 0) is 11.2 Å². The van der Waals surface area contributed by atoms with Crippen LogP contribution in [0.1, 0.15) is 5.56 Å². The maximum Gasteiger partial charge on any atom is 0.411 e. The number of rotatable bonds is 5. The third-order valence-electron chi connectivity index (χ3n) is 2.85. The highest BCUT2D eigenvalue weighted by Gasteiger charge is 2.02. The molecule has 0 fully saturated rings. The van der Waals surface area contributed by atoms with Gasteiger partial charge in [-0.3, -0.25) is 5.32 Å². The molecule has 5 nitrogen and oxygen atoms in total. The fourth-order valence-electron chi connectivity index (χ4n) is 1.77. The first-order chi connectivity index (χ1) is 10.2. The lowest BCUT2D eigenvalue weighted by molar-refractivity contribution is 0.187. The minimum atomic E-state index is -0.544. The van der Waals surface area contributed by atoms with E-state index in [4.69, 9.17) is 0 Å². The van der Waals surface area contributed by atoms with Crippen molar-refractivity contribution in [2.24, 2.45) is 0 Å². The van der Waals surface area contributed by atoms with Crippen LogP contribution in [0.15, 0.2) is 42.6 Å². The molecular weight excluding hydrogens is 273 g/mol. The van der Waals surface area contributed by atoms with Crippen molar-refractivity contribution in [3.63, 3.8) is 0 Å². The summed E-state index contributed by atoms with van der Waals surface area (Å²) in [4.78, 5) is 15.2. The summed E-state index contributed by atoms with van der Waals surface area (Å²) in [7, 11) is 1.29. The second-order valence-electron chi connectivity index (χ2n) is 4.32. The number of carbonyl (C=O) groups excluding carboxylic acids is 1. The van der Waals surface area contributed by atoms with Crippen molar-refractivity contribution in [1.29, 1.82) is 0 Å². The van der Waals surface area contributed by atoms with Gasteiger partial charge in [-0.1, -0.05) is 18.2 Å². The van der Waals surface area contributed by atoms with E-state index in [0.717, 1.165) is 0 Å². The molecule has 1 aromatic carbocycles. The Labute approximate surface area is 122 Å². The summed E-state index contributed by atoms with van der Waals surface area (Å²) >= 11 is 0. The normalized spacial score (nSPS) is 10.0. The Balaban J connectivity index is 1.84. The van der Waals surface area contributed by atoms with Gasteiger partial charge in [0.25, 0.3) is 0 Å². The second kappa shape index (κ2) is 7.23. The number of carbonyl (C=O) groups is 1. The predicted octanol–water partition coefficient (Wildman–Crippen LogP) is 3.05. The number of hydrogen-bond acceptors (Lipinski definition) is 4. The van der Waals surface area contributed by atoms with Crippen molar-refractivity contribution in [3.05, 3.63) is 54.0 Å². The quantitative estimate of drug-likeness (QED) is 0.888. The Kier molecular flexibility index (Phi) is 5.09. The van der Waals surface area contributed by atoms with E-state index in [1.165, 1.54) is 19.4 Å². The van der Waals surface area contributed by atoms with Gasteiger partial charge in [-0.2, -0.15) is 0 Å². The van der Waals surface area contributed by atoms with Crippen molar-refractivity contribution in [2.75, 3.05) is 24.3 Å². The van der Waals surface area contributed by atoms with E-state index in [1.54, 1.807) is 24.3 Å². The maximum atomic E-state index is 13.4. The molecule has 0 spiro atoms. The average Bonchev–Trinajstić information content (AvgIpc) is 2.51. The lowest BCUT2D eigenvalue weighted by atomic mass is 10.1. The highest BCUT2D eigenvalue weighted by molar-refractivity contribution is 5.84. The van der Waals surface area contributed by atoms with Gasteiger partial charge in [0.1, 0.15) is 11.6 Å². The third-order valence-corrected chi connectivity index (χ3v) is 2.85. The van der Waals surface area contributed by atoms with Crippen molar-refractivity contribution in [1.82, 2.24) is 4.98 Å². The highest BCUT2D eigenvalue weighted by atomic mass is 19.1. The number of nitrogens with one attached hydrogen (secondary N) is 2. The Bertz CT molecular complexity index is 602. The van der Waals surface area contributed by atoms with Crippen molar-refractivity contribution in [2.45, 2.75) is 6.42 Å². The lowest BCUT2D eigenvalue weighted by Crippen LogP contribution is -2.11. The number of benzene rings is 1. The Hall–Kier alpha value is -2.63. The fourth-order valence-corrected chi connectivity index (χ4v) is 1.77. The van der Waals surface area contributed by atoms with Gasteiger partial charge in [-0.05, 0) is 30.2 Å². The zero-order valence-electron chi connectivity index (χ0n) is 11.6. The predicted molar refractivity (Wildman–Crippen MR) is 78.9 cm³/mol. The maximum absolute atomic E-state index is 13.4. The largest absolute Gasteiger partial charge is 0.453 e. The van der Waals surface area contributed by atoms with Crippen molar-refractivity contribution in [3.8, 4) is 0 Å². The third kappa shape index (κ3) is 4.45. The van der Waals surface area contributed by atoms with Crippen molar-refractivity contribution >= 4 is 17.6 Å². The SMILES string of the molecule is COC(=O)Nc1ccc(NCCc2ccccc2F)nc1. The number of nitrogens with zero attached hydrogens (tertiary/aromatic N) is 1. The Morgan fingerprint density at radius 2 is 2.10 bits per heavy atom. The summed E-state index contributed by atoms with van der Waals surface area (Å²) in [5.41, 5.74) is 1.20. The van der Waals surface area contributed by atoms with E-state index in [0.29, 0.717) is 30.0 Å². The number of aromatic nitrogens is 1. The fraction of sp³-hybridized carbons (Fsp3) is 0.200. The first-order valence-electron chi connectivity index (χ1n) is 6.47. The van der Waals surface area contributed by atoms with Gasteiger partial charge in [-0.25, -0.2) is 14.2 Å². The first-order valence-corrected chi connectivity index (χ1v) is 6.47. The van der Waals surface area contributed by atoms with E-state index in [1.807, 2.05) is 6.07 Å². The minimum Gasteiger partial charge on any atom is -0.453 e. The molecule has 0 bridgehead atoms. The van der Waals surface area contributed by atoms with Crippen LogP contribution in [0.2, 0.25) is 0 Å². The molecule has 1 aromatic heterocycles. The monoisotopic (exact) mass is 289 g/mol. The topological polar surface area (TPSA) is 63.2 Å². The Morgan fingerprint density at radius 1 is 1.29 bits per heavy atom. The molecule has 0 aliphatic heterocycles. The summed E-state index contributed by atoms with van der Waals surface area (Å²) < 4.78 is 17.9. The molecule has 0 saturated heterocycles. The van der Waals surface area contributed by atoms with Gasteiger partial charge >= 0.3 is 6.09 Å². The number of anilines is 2. The molecule has 1 heterocycles. The highest BCUT2D eigenvalue weighted by Crippen LogP contribution is 2.11. The molecule has 2 aromatic rings. The number of hydrogen-bond donors (Lipinski definition) is 2. The molecule has 0 unspecified atom stereocenters. The number of methoxy groups -OCH3 is 1. The van der Waals surface area contributed by atoms with Gasteiger partial charge in [-0.15, -0.1) is 0 Å². The van der Waals surface area contributed by atoms with Crippen LogP contribution >= 0.6 is 0 Å². The van der Waals surface area contributed by atoms with Gasteiger partial charge in [0.2, 0.25) is 0 Å². The molecule has 21 heavy (non-hydrogen) atoms. The van der Waals surface area contributed by atoms with Crippen LogP contribution in [0, 0.1) is 5.82 Å². The van der Waals surface area contributed by atoms with Crippen LogP contribution in [0.5, 0.6) is 0 Å². The van der Waals surface area contributed by atoms with Gasteiger partial charge in [0.15, 0.2) is 0 Å². The summed E-state index contributed by atoms with van der Waals surface area (Å²) in [6, 6.07) is 10.1. The van der Waals surface area contributed by atoms with E-state index in [-0.39, 0.29) is 5.82 Å². The van der Waals surface area contributed by atoms with E-state index >= 15 is 0 Å². The van der Waals surface area contributed by atoms with Crippen LogP contribution < -0.4 is 10.6 Å². The number of amides is 1. The van der Waals surface area contributed by atoms with Crippen LogP contribution in [0.25, 0.3) is 0 Å². The molecule has 0 radical (unpaired) electrons. The Morgan fingerprint density at radius 3 is 2.76 bits per heavy atom. The summed E-state index contributed by atoms with van der Waals surface area (Å²) in [5, 5.41) is 5.60. The zero-order valence-corrected chi connectivity index (χ0v) is 11.6. The molecule has 1 amide bonds. The molecule has 2 N–H and O–H groups in total. The lowest BCUT2D eigenvalue weighted by Gasteiger charge is -2.07. The van der Waals surface area contributed by atoms with Gasteiger partial charge in [0, 0.05) is 6.54 Å². The van der Waals surface area contributed by atoms with Crippen LogP contribution in [-0.4, -0.2) is 24.7 Å². The molecule has 2 rings (SSSR count). The average molecular weight is 289 g/mol. The second-order valence-corrected chi connectivity index (χ2v) is 4.32. The van der Waals surface area contributed by atoms with E-state index < -0.39 is 6.09 Å². The summed E-state index contributed by atoms with van der Waals surface area (Å²) in [6.45, 7) is 0.567. The minimum absolute atomic E-state index is 0.204. The molecular formula is C15H16FN3O2. The zero-order chi connectivity index (χ0) is 15.1. The molecule has 0 aliphatic carbocycles. The number of pyridine rings is 1. The van der Waals surface area contributed by atoms with Crippen LogP contribution in [0.4, 0.5) is 20.7 Å². The molecule has 6 heteroatoms. The van der Waals surface area contributed by atoms with E-state index in [2.05, 4.69) is 20.4 Å². The number of halogens is 1. The first kappa shape index (κ1) is 14.8. The van der Waals surface area contributed by atoms with Crippen LogP contribution in [0.3, 0.4) is 0 Å². The smallest absolute Gasteiger partial charge is 0.411 e.